The van der Waals surface area contributed by atoms with Crippen molar-refractivity contribution in [2.24, 2.45) is 5.73 Å². The zero-order valence-corrected chi connectivity index (χ0v) is 8.70. The summed E-state index contributed by atoms with van der Waals surface area (Å²) in [5, 5.41) is 0. The van der Waals surface area contributed by atoms with Crippen LogP contribution in [0.2, 0.25) is 0 Å². The molecule has 0 heterocycles. The topological polar surface area (TPSA) is 26.0 Å². The van der Waals surface area contributed by atoms with Crippen LogP contribution >= 0.6 is 12.4 Å². The summed E-state index contributed by atoms with van der Waals surface area (Å²) in [4.78, 5) is 0. The first-order valence-corrected chi connectivity index (χ1v) is 4.02. The second-order valence-electron chi connectivity index (χ2n) is 3.60. The summed E-state index contributed by atoms with van der Waals surface area (Å²) in [6, 6.07) is 6.58. The molecule has 0 radical (unpaired) electrons. The van der Waals surface area contributed by atoms with Crippen LogP contribution in [0.4, 0.5) is 4.39 Å². The smallest absolute Gasteiger partial charge is 0.123 e. The van der Waals surface area contributed by atoms with Crippen molar-refractivity contribution in [3.63, 3.8) is 0 Å². The van der Waals surface area contributed by atoms with E-state index >= 15 is 0 Å². The Hall–Kier alpha value is -0.600. The number of hydrogen-bond acceptors (Lipinski definition) is 1. The lowest BCUT2D eigenvalue weighted by Gasteiger charge is -2.22. The van der Waals surface area contributed by atoms with Crippen LogP contribution in [0.25, 0.3) is 0 Å². The molecular weight excluding hydrogens is 189 g/mol. The van der Waals surface area contributed by atoms with E-state index in [9.17, 15) is 4.39 Å². The minimum atomic E-state index is -0.200. The summed E-state index contributed by atoms with van der Waals surface area (Å²) in [6.07, 6.45) is 0. The van der Waals surface area contributed by atoms with Crippen molar-refractivity contribution < 1.29 is 4.39 Å². The van der Waals surface area contributed by atoms with E-state index in [0.717, 1.165) is 5.56 Å². The molecule has 1 rings (SSSR count). The number of hydrogen-bond donors (Lipinski definition) is 1. The van der Waals surface area contributed by atoms with E-state index in [1.807, 2.05) is 19.9 Å². The molecule has 0 spiro atoms. The van der Waals surface area contributed by atoms with Gasteiger partial charge in [0.05, 0.1) is 0 Å². The summed E-state index contributed by atoms with van der Waals surface area (Å²) in [5.74, 6) is -0.200. The van der Waals surface area contributed by atoms with E-state index < -0.39 is 0 Å². The fraction of sp³-hybridized carbons (Fsp3) is 0.400. The van der Waals surface area contributed by atoms with Crippen molar-refractivity contribution in [2.75, 3.05) is 6.54 Å². The Kier molecular flexibility index (Phi) is 4.37. The Bertz CT molecular complexity index is 273. The Balaban J connectivity index is 0.00000144. The maximum Gasteiger partial charge on any atom is 0.123 e. The van der Waals surface area contributed by atoms with Crippen molar-refractivity contribution in [3.05, 3.63) is 35.6 Å². The number of rotatable bonds is 2. The SMILES string of the molecule is CC(C)(CN)c1cccc(F)c1.Cl. The van der Waals surface area contributed by atoms with Gasteiger partial charge in [-0.15, -0.1) is 12.4 Å². The van der Waals surface area contributed by atoms with E-state index in [-0.39, 0.29) is 23.6 Å². The summed E-state index contributed by atoms with van der Waals surface area (Å²) >= 11 is 0. The highest BCUT2D eigenvalue weighted by atomic mass is 35.5. The third-order valence-corrected chi connectivity index (χ3v) is 2.12. The first kappa shape index (κ1) is 12.4. The third-order valence-electron chi connectivity index (χ3n) is 2.12. The van der Waals surface area contributed by atoms with Crippen LogP contribution in [-0.2, 0) is 5.41 Å². The van der Waals surface area contributed by atoms with Gasteiger partial charge in [0.15, 0.2) is 0 Å². The molecule has 1 aromatic carbocycles. The van der Waals surface area contributed by atoms with E-state index in [0.29, 0.717) is 6.54 Å². The van der Waals surface area contributed by atoms with Gasteiger partial charge in [-0.25, -0.2) is 4.39 Å². The van der Waals surface area contributed by atoms with E-state index in [2.05, 4.69) is 0 Å². The van der Waals surface area contributed by atoms with E-state index in [1.54, 1.807) is 6.07 Å². The Morgan fingerprint density at radius 2 is 2.00 bits per heavy atom. The van der Waals surface area contributed by atoms with Gasteiger partial charge in [-0.3, -0.25) is 0 Å². The van der Waals surface area contributed by atoms with Gasteiger partial charge >= 0.3 is 0 Å². The van der Waals surface area contributed by atoms with Crippen LogP contribution in [0.15, 0.2) is 24.3 Å². The largest absolute Gasteiger partial charge is 0.330 e. The first-order chi connectivity index (χ1) is 5.56. The maximum absolute atomic E-state index is 12.8. The number of halogens is 2. The molecule has 0 aliphatic rings. The number of nitrogens with two attached hydrogens (primary N) is 1. The molecule has 0 fully saturated rings. The summed E-state index contributed by atoms with van der Waals surface area (Å²) < 4.78 is 12.8. The molecule has 2 N–H and O–H groups in total. The van der Waals surface area contributed by atoms with Crippen molar-refractivity contribution in [1.29, 1.82) is 0 Å². The van der Waals surface area contributed by atoms with Gasteiger partial charge in [-0.1, -0.05) is 26.0 Å². The molecular formula is C10H15ClFN. The number of benzene rings is 1. The molecule has 0 amide bonds. The average molecular weight is 204 g/mol. The Morgan fingerprint density at radius 1 is 1.38 bits per heavy atom. The highest BCUT2D eigenvalue weighted by Gasteiger charge is 2.18. The minimum absolute atomic E-state index is 0. The Labute approximate surface area is 84.5 Å². The summed E-state index contributed by atoms with van der Waals surface area (Å²) in [5.41, 5.74) is 6.38. The predicted molar refractivity (Wildman–Crippen MR) is 55.7 cm³/mol. The minimum Gasteiger partial charge on any atom is -0.330 e. The maximum atomic E-state index is 12.8. The third kappa shape index (κ3) is 2.98. The van der Waals surface area contributed by atoms with Gasteiger partial charge in [0.1, 0.15) is 5.82 Å². The summed E-state index contributed by atoms with van der Waals surface area (Å²) in [6.45, 7) is 4.53. The predicted octanol–water partition coefficient (Wildman–Crippen LogP) is 2.48. The zero-order chi connectivity index (χ0) is 9.19. The molecule has 0 saturated carbocycles. The van der Waals surface area contributed by atoms with Crippen molar-refractivity contribution in [3.8, 4) is 0 Å². The standard InChI is InChI=1S/C10H14FN.ClH/c1-10(2,7-12)8-4-3-5-9(11)6-8;/h3-6H,7,12H2,1-2H3;1H. The molecule has 1 nitrogen and oxygen atoms in total. The molecule has 1 aromatic rings. The van der Waals surface area contributed by atoms with Gasteiger partial charge in [0, 0.05) is 12.0 Å². The fourth-order valence-corrected chi connectivity index (χ4v) is 1.03. The van der Waals surface area contributed by atoms with Crippen LogP contribution in [0.5, 0.6) is 0 Å². The molecule has 0 aromatic heterocycles. The van der Waals surface area contributed by atoms with Gasteiger partial charge in [-0.05, 0) is 17.7 Å². The van der Waals surface area contributed by atoms with Crippen LogP contribution in [0.3, 0.4) is 0 Å². The van der Waals surface area contributed by atoms with Crippen LogP contribution < -0.4 is 5.73 Å². The second kappa shape index (κ2) is 4.58. The highest BCUT2D eigenvalue weighted by molar-refractivity contribution is 5.85. The molecule has 3 heteroatoms. The molecule has 0 aliphatic heterocycles. The second-order valence-corrected chi connectivity index (χ2v) is 3.60. The van der Waals surface area contributed by atoms with Gasteiger partial charge in [-0.2, -0.15) is 0 Å². The van der Waals surface area contributed by atoms with Crippen molar-refractivity contribution in [2.45, 2.75) is 19.3 Å². The van der Waals surface area contributed by atoms with Gasteiger partial charge in [0.25, 0.3) is 0 Å². The zero-order valence-electron chi connectivity index (χ0n) is 7.88. The van der Waals surface area contributed by atoms with E-state index in [1.165, 1.54) is 12.1 Å². The van der Waals surface area contributed by atoms with E-state index in [4.69, 9.17) is 5.73 Å². The normalized spacial score (nSPS) is 10.8. The van der Waals surface area contributed by atoms with Gasteiger partial charge in [0.2, 0.25) is 0 Å². The summed E-state index contributed by atoms with van der Waals surface area (Å²) in [7, 11) is 0. The fourth-order valence-electron chi connectivity index (χ4n) is 1.03. The molecule has 0 aliphatic carbocycles. The van der Waals surface area contributed by atoms with Crippen LogP contribution in [0, 0.1) is 5.82 Å². The van der Waals surface area contributed by atoms with Crippen molar-refractivity contribution >= 4 is 12.4 Å². The lowest BCUT2D eigenvalue weighted by Crippen LogP contribution is -2.28. The molecule has 0 bridgehead atoms. The first-order valence-electron chi connectivity index (χ1n) is 4.02. The van der Waals surface area contributed by atoms with Gasteiger partial charge < -0.3 is 5.73 Å². The quantitative estimate of drug-likeness (QED) is 0.786. The lowest BCUT2D eigenvalue weighted by atomic mass is 9.85. The van der Waals surface area contributed by atoms with Crippen molar-refractivity contribution in [1.82, 2.24) is 0 Å². The Morgan fingerprint density at radius 3 is 2.46 bits per heavy atom. The highest BCUT2D eigenvalue weighted by Crippen LogP contribution is 2.21. The molecule has 0 unspecified atom stereocenters. The lowest BCUT2D eigenvalue weighted by molar-refractivity contribution is 0.531. The molecule has 0 saturated heterocycles. The average Bonchev–Trinajstić information content (AvgIpc) is 2.05. The molecule has 13 heavy (non-hydrogen) atoms. The monoisotopic (exact) mass is 203 g/mol. The van der Waals surface area contributed by atoms with Crippen LogP contribution in [-0.4, -0.2) is 6.54 Å². The molecule has 74 valence electrons. The molecule has 0 atom stereocenters. The van der Waals surface area contributed by atoms with Crippen LogP contribution in [0.1, 0.15) is 19.4 Å².